The third-order valence-corrected chi connectivity index (χ3v) is 2.71. The topological polar surface area (TPSA) is 30.2 Å². The van der Waals surface area contributed by atoms with E-state index in [1.165, 1.54) is 11.3 Å². The number of aromatic nitrogens is 3. The molecule has 0 saturated carbocycles. The molecule has 80 valence electrons. The van der Waals surface area contributed by atoms with Crippen molar-refractivity contribution >= 4 is 5.65 Å². The quantitative estimate of drug-likeness (QED) is 0.751. The van der Waals surface area contributed by atoms with Crippen LogP contribution in [0.3, 0.4) is 0 Å². The fraction of sp³-hybridized carbons (Fsp3) is 0.500. The molecule has 3 heteroatoms. The molecule has 2 heterocycles. The van der Waals surface area contributed by atoms with Crippen LogP contribution in [0.4, 0.5) is 0 Å². The van der Waals surface area contributed by atoms with Crippen molar-refractivity contribution in [3.63, 3.8) is 0 Å². The first-order valence-electron chi connectivity index (χ1n) is 5.43. The van der Waals surface area contributed by atoms with Gasteiger partial charge in [0.1, 0.15) is 6.33 Å². The van der Waals surface area contributed by atoms with E-state index in [0.717, 1.165) is 5.65 Å². The highest BCUT2D eigenvalue weighted by Gasteiger charge is 2.13. The zero-order valence-corrected chi connectivity index (χ0v) is 9.73. The molecule has 0 atom stereocenters. The highest BCUT2D eigenvalue weighted by molar-refractivity contribution is 5.43. The second-order valence-electron chi connectivity index (χ2n) is 4.54. The Balaban J connectivity index is 2.75. The Labute approximate surface area is 90.1 Å². The Bertz CT molecular complexity index is 469. The Morgan fingerprint density at radius 2 is 1.80 bits per heavy atom. The molecule has 0 aliphatic rings. The minimum absolute atomic E-state index is 0.488. The summed E-state index contributed by atoms with van der Waals surface area (Å²) in [6, 6.07) is 4.21. The first-order valence-corrected chi connectivity index (χ1v) is 5.43. The van der Waals surface area contributed by atoms with E-state index in [1.807, 2.05) is 6.07 Å². The van der Waals surface area contributed by atoms with Crippen LogP contribution in [-0.2, 0) is 0 Å². The lowest BCUT2D eigenvalue weighted by Crippen LogP contribution is -2.05. The Hall–Kier alpha value is -1.38. The zero-order valence-electron chi connectivity index (χ0n) is 9.73. The van der Waals surface area contributed by atoms with Gasteiger partial charge in [-0.2, -0.15) is 0 Å². The van der Waals surface area contributed by atoms with Crippen LogP contribution in [0.2, 0.25) is 0 Å². The fourth-order valence-corrected chi connectivity index (χ4v) is 2.03. The summed E-state index contributed by atoms with van der Waals surface area (Å²) in [7, 11) is 0. The van der Waals surface area contributed by atoms with Gasteiger partial charge in [0.05, 0.1) is 0 Å². The van der Waals surface area contributed by atoms with Crippen LogP contribution in [-0.4, -0.2) is 14.6 Å². The molecule has 2 aromatic rings. The average molecular weight is 203 g/mol. The third-order valence-electron chi connectivity index (χ3n) is 2.71. The van der Waals surface area contributed by atoms with Crippen LogP contribution in [0.1, 0.15) is 50.8 Å². The second-order valence-corrected chi connectivity index (χ2v) is 4.54. The largest absolute Gasteiger partial charge is 0.285 e. The summed E-state index contributed by atoms with van der Waals surface area (Å²) >= 11 is 0. The fourth-order valence-electron chi connectivity index (χ4n) is 2.03. The van der Waals surface area contributed by atoms with Crippen molar-refractivity contribution in [1.29, 1.82) is 0 Å². The monoisotopic (exact) mass is 203 g/mol. The number of nitrogens with zero attached hydrogens (tertiary/aromatic N) is 3. The molecular formula is C12H17N3. The van der Waals surface area contributed by atoms with Gasteiger partial charge in [-0.25, -0.2) is 0 Å². The Kier molecular flexibility index (Phi) is 2.47. The van der Waals surface area contributed by atoms with Crippen LogP contribution < -0.4 is 0 Å². The van der Waals surface area contributed by atoms with E-state index >= 15 is 0 Å². The van der Waals surface area contributed by atoms with Gasteiger partial charge in [0.2, 0.25) is 0 Å². The van der Waals surface area contributed by atoms with Gasteiger partial charge in [-0.1, -0.05) is 33.8 Å². The molecule has 2 rings (SSSR count). The molecule has 3 nitrogen and oxygen atoms in total. The van der Waals surface area contributed by atoms with E-state index in [1.54, 1.807) is 6.33 Å². The smallest absolute Gasteiger partial charge is 0.160 e. The van der Waals surface area contributed by atoms with Crippen LogP contribution in [0, 0.1) is 0 Å². The molecule has 0 fully saturated rings. The van der Waals surface area contributed by atoms with Gasteiger partial charge < -0.3 is 0 Å². The van der Waals surface area contributed by atoms with E-state index in [9.17, 15) is 0 Å². The lowest BCUT2D eigenvalue weighted by molar-refractivity contribution is 0.741. The van der Waals surface area contributed by atoms with Gasteiger partial charge >= 0.3 is 0 Å². The van der Waals surface area contributed by atoms with Crippen LogP contribution in [0.25, 0.3) is 5.65 Å². The molecule has 0 saturated heterocycles. The molecule has 15 heavy (non-hydrogen) atoms. The summed E-state index contributed by atoms with van der Waals surface area (Å²) in [4.78, 5) is 0. The third kappa shape index (κ3) is 1.62. The van der Waals surface area contributed by atoms with Gasteiger partial charge in [0.25, 0.3) is 0 Å². The highest BCUT2D eigenvalue weighted by atomic mass is 15.2. The maximum absolute atomic E-state index is 4.08. The van der Waals surface area contributed by atoms with Crippen LogP contribution >= 0.6 is 0 Å². The maximum Gasteiger partial charge on any atom is 0.160 e. The van der Waals surface area contributed by atoms with E-state index in [-0.39, 0.29) is 0 Å². The molecule has 2 aromatic heterocycles. The first kappa shape index (κ1) is 10.1. The standard InChI is InChI=1S/C12H17N3/c1-8(2)10-5-6-11-14-13-7-15(11)12(10)9(3)4/h5-9H,1-4H3. The van der Waals surface area contributed by atoms with Crippen molar-refractivity contribution < 1.29 is 0 Å². The summed E-state index contributed by atoms with van der Waals surface area (Å²) in [6.45, 7) is 8.86. The minimum Gasteiger partial charge on any atom is -0.285 e. The van der Waals surface area contributed by atoms with E-state index in [0.29, 0.717) is 11.8 Å². The van der Waals surface area contributed by atoms with Gasteiger partial charge in [-0.3, -0.25) is 4.40 Å². The predicted octanol–water partition coefficient (Wildman–Crippen LogP) is 2.98. The lowest BCUT2D eigenvalue weighted by Gasteiger charge is -2.17. The molecule has 0 bridgehead atoms. The minimum atomic E-state index is 0.488. The van der Waals surface area contributed by atoms with E-state index < -0.39 is 0 Å². The molecule has 0 aliphatic carbocycles. The number of rotatable bonds is 2. The van der Waals surface area contributed by atoms with Gasteiger partial charge in [0.15, 0.2) is 5.65 Å². The van der Waals surface area contributed by atoms with Crippen molar-refractivity contribution in [3.05, 3.63) is 29.7 Å². The summed E-state index contributed by atoms with van der Waals surface area (Å²) < 4.78 is 2.10. The first-order chi connectivity index (χ1) is 7.11. The van der Waals surface area contributed by atoms with E-state index in [4.69, 9.17) is 0 Å². The van der Waals surface area contributed by atoms with Crippen molar-refractivity contribution in [2.24, 2.45) is 0 Å². The average Bonchev–Trinajstić information content (AvgIpc) is 2.62. The Morgan fingerprint density at radius 1 is 1.07 bits per heavy atom. The molecule has 0 spiro atoms. The highest BCUT2D eigenvalue weighted by Crippen LogP contribution is 2.26. The molecule has 0 aromatic carbocycles. The molecular weight excluding hydrogens is 186 g/mol. The van der Waals surface area contributed by atoms with Crippen molar-refractivity contribution in [1.82, 2.24) is 14.6 Å². The number of pyridine rings is 1. The van der Waals surface area contributed by atoms with Gasteiger partial charge in [-0.15, -0.1) is 10.2 Å². The van der Waals surface area contributed by atoms with Crippen molar-refractivity contribution in [2.45, 2.75) is 39.5 Å². The summed E-state index contributed by atoms with van der Waals surface area (Å²) in [5, 5.41) is 8.03. The van der Waals surface area contributed by atoms with Crippen molar-refractivity contribution in [2.75, 3.05) is 0 Å². The van der Waals surface area contributed by atoms with E-state index in [2.05, 4.69) is 48.4 Å². The van der Waals surface area contributed by atoms with Gasteiger partial charge in [0, 0.05) is 5.69 Å². The summed E-state index contributed by atoms with van der Waals surface area (Å²) in [5.41, 5.74) is 3.65. The summed E-state index contributed by atoms with van der Waals surface area (Å²) in [6.07, 6.45) is 1.80. The van der Waals surface area contributed by atoms with Crippen molar-refractivity contribution in [3.8, 4) is 0 Å². The maximum atomic E-state index is 4.08. The number of hydrogen-bond donors (Lipinski definition) is 0. The number of hydrogen-bond acceptors (Lipinski definition) is 2. The second kappa shape index (κ2) is 3.65. The normalized spacial score (nSPS) is 11.9. The van der Waals surface area contributed by atoms with Crippen LogP contribution in [0.5, 0.6) is 0 Å². The van der Waals surface area contributed by atoms with Crippen LogP contribution in [0.15, 0.2) is 18.5 Å². The molecule has 0 unspecified atom stereocenters. The Morgan fingerprint density at radius 3 is 2.40 bits per heavy atom. The lowest BCUT2D eigenvalue weighted by atomic mass is 9.95. The predicted molar refractivity (Wildman–Crippen MR) is 61.2 cm³/mol. The molecule has 0 radical (unpaired) electrons. The molecule has 0 amide bonds. The molecule has 0 aliphatic heterocycles. The van der Waals surface area contributed by atoms with Gasteiger partial charge in [-0.05, 0) is 23.5 Å². The molecule has 0 N–H and O–H groups in total. The summed E-state index contributed by atoms with van der Waals surface area (Å²) in [5.74, 6) is 1.02. The number of fused-ring (bicyclic) bond motifs is 1. The SMILES string of the molecule is CC(C)c1ccc2nncn2c1C(C)C. The zero-order chi connectivity index (χ0) is 11.0.